The zero-order valence-electron chi connectivity index (χ0n) is 15.1. The van der Waals surface area contributed by atoms with Crippen LogP contribution >= 0.6 is 0 Å². The lowest BCUT2D eigenvalue weighted by atomic mass is 9.84. The average molecular weight is 381 g/mol. The molecule has 0 amide bonds. The summed E-state index contributed by atoms with van der Waals surface area (Å²) in [6.07, 6.45) is 2.04. The molecule has 1 aliphatic carbocycles. The van der Waals surface area contributed by atoms with Gasteiger partial charge in [0.05, 0.1) is 0 Å². The van der Waals surface area contributed by atoms with Crippen molar-refractivity contribution in [2.45, 2.75) is 57.5 Å². The van der Waals surface area contributed by atoms with Crippen molar-refractivity contribution in [2.75, 3.05) is 6.61 Å². The zero-order chi connectivity index (χ0) is 19.4. The first-order valence-electron chi connectivity index (χ1n) is 9.05. The number of ether oxygens (including phenoxy) is 1. The predicted octanol–water partition coefficient (Wildman–Crippen LogP) is 4.53. The molecule has 1 saturated carbocycles. The van der Waals surface area contributed by atoms with E-state index in [0.717, 1.165) is 37.8 Å². The molecular weight excluding hydrogens is 359 g/mol. The highest BCUT2D eigenvalue weighted by molar-refractivity contribution is 5.95. The standard InChI is InChI=1S/C19H22F3N3O2/c1-12-7-16(25-24-12)17(26)9-13-8-15(14-5-3-2-4-6-14)18(23-10-13)27-11-19(20,21)22/h7-8,10,14H,2-6,9,11H2,1H3,(H,24,25). The molecule has 0 atom stereocenters. The molecule has 0 spiro atoms. The van der Waals surface area contributed by atoms with Crippen molar-refractivity contribution in [3.63, 3.8) is 0 Å². The van der Waals surface area contributed by atoms with Crippen LogP contribution in [0.1, 0.15) is 65.3 Å². The number of carbonyl (C=O) groups is 1. The van der Waals surface area contributed by atoms with E-state index in [1.165, 1.54) is 6.20 Å². The first-order valence-corrected chi connectivity index (χ1v) is 9.05. The zero-order valence-corrected chi connectivity index (χ0v) is 15.1. The van der Waals surface area contributed by atoms with Crippen LogP contribution in [0.2, 0.25) is 0 Å². The summed E-state index contributed by atoms with van der Waals surface area (Å²) in [7, 11) is 0. The maximum absolute atomic E-state index is 12.5. The number of Topliss-reactive ketones (excluding diaryl/α,β-unsaturated/α-hetero) is 1. The van der Waals surface area contributed by atoms with Gasteiger partial charge in [-0.15, -0.1) is 0 Å². The average Bonchev–Trinajstić information content (AvgIpc) is 3.07. The number of aromatic nitrogens is 3. The Morgan fingerprint density at radius 2 is 2.00 bits per heavy atom. The Hall–Kier alpha value is -2.38. The van der Waals surface area contributed by atoms with Gasteiger partial charge in [-0.25, -0.2) is 4.98 Å². The molecule has 2 heterocycles. The maximum atomic E-state index is 12.5. The Kier molecular flexibility index (Phi) is 5.82. The lowest BCUT2D eigenvalue weighted by molar-refractivity contribution is -0.154. The Morgan fingerprint density at radius 1 is 1.26 bits per heavy atom. The molecule has 8 heteroatoms. The molecular formula is C19H22F3N3O2. The number of rotatable bonds is 6. The van der Waals surface area contributed by atoms with Crippen molar-refractivity contribution in [2.24, 2.45) is 0 Å². The molecule has 0 aromatic carbocycles. The van der Waals surface area contributed by atoms with E-state index in [-0.39, 0.29) is 24.0 Å². The minimum absolute atomic E-state index is 0.0195. The second-order valence-electron chi connectivity index (χ2n) is 7.01. The molecule has 2 aromatic heterocycles. The smallest absolute Gasteiger partial charge is 0.422 e. The van der Waals surface area contributed by atoms with E-state index in [1.54, 1.807) is 19.1 Å². The van der Waals surface area contributed by atoms with Crippen LogP contribution < -0.4 is 4.74 Å². The van der Waals surface area contributed by atoms with Crippen LogP contribution in [0.15, 0.2) is 18.3 Å². The molecule has 0 saturated heterocycles. The van der Waals surface area contributed by atoms with Crippen molar-refractivity contribution in [3.05, 3.63) is 40.8 Å². The van der Waals surface area contributed by atoms with Crippen LogP contribution in [0.3, 0.4) is 0 Å². The predicted molar refractivity (Wildman–Crippen MR) is 93.0 cm³/mol. The van der Waals surface area contributed by atoms with E-state index in [9.17, 15) is 18.0 Å². The summed E-state index contributed by atoms with van der Waals surface area (Å²) < 4.78 is 42.6. The van der Waals surface area contributed by atoms with Gasteiger partial charge in [-0.3, -0.25) is 9.89 Å². The highest BCUT2D eigenvalue weighted by Crippen LogP contribution is 2.37. The van der Waals surface area contributed by atoms with Crippen molar-refractivity contribution in [3.8, 4) is 5.88 Å². The fourth-order valence-electron chi connectivity index (χ4n) is 3.43. The van der Waals surface area contributed by atoms with Crippen molar-refractivity contribution >= 4 is 5.78 Å². The summed E-state index contributed by atoms with van der Waals surface area (Å²) in [6.45, 7) is 0.434. The van der Waals surface area contributed by atoms with Gasteiger partial charge >= 0.3 is 6.18 Å². The lowest BCUT2D eigenvalue weighted by Gasteiger charge is -2.24. The molecule has 5 nitrogen and oxygen atoms in total. The van der Waals surface area contributed by atoms with Crippen LogP contribution in [0.5, 0.6) is 5.88 Å². The van der Waals surface area contributed by atoms with Crippen molar-refractivity contribution < 1.29 is 22.7 Å². The fourth-order valence-corrected chi connectivity index (χ4v) is 3.43. The normalized spacial score (nSPS) is 15.7. The number of hydrogen-bond acceptors (Lipinski definition) is 4. The lowest BCUT2D eigenvalue weighted by Crippen LogP contribution is -2.21. The molecule has 146 valence electrons. The summed E-state index contributed by atoms with van der Waals surface area (Å²) in [5, 5.41) is 6.68. The summed E-state index contributed by atoms with van der Waals surface area (Å²) in [5.41, 5.74) is 2.45. The topological polar surface area (TPSA) is 67.9 Å². The van der Waals surface area contributed by atoms with Crippen molar-refractivity contribution in [1.29, 1.82) is 0 Å². The highest BCUT2D eigenvalue weighted by Gasteiger charge is 2.30. The van der Waals surface area contributed by atoms with E-state index in [1.807, 2.05) is 0 Å². The molecule has 0 bridgehead atoms. The molecule has 0 radical (unpaired) electrons. The summed E-state index contributed by atoms with van der Waals surface area (Å²) in [6, 6.07) is 3.44. The Labute approximate surface area is 155 Å². The summed E-state index contributed by atoms with van der Waals surface area (Å²) >= 11 is 0. The highest BCUT2D eigenvalue weighted by atomic mass is 19.4. The molecule has 1 aliphatic rings. The SMILES string of the molecule is Cc1cc(C(=O)Cc2cnc(OCC(F)(F)F)c(C3CCCCC3)c2)n[nH]1. The van der Waals surface area contributed by atoms with E-state index >= 15 is 0 Å². The number of H-pyrrole nitrogens is 1. The Morgan fingerprint density at radius 3 is 2.63 bits per heavy atom. The minimum atomic E-state index is -4.42. The van der Waals surface area contributed by atoms with Crippen molar-refractivity contribution in [1.82, 2.24) is 15.2 Å². The van der Waals surface area contributed by atoms with Crippen LogP contribution in [-0.2, 0) is 6.42 Å². The third kappa shape index (κ3) is 5.30. The van der Waals surface area contributed by atoms with Crippen LogP contribution in [0, 0.1) is 6.92 Å². The third-order valence-corrected chi connectivity index (χ3v) is 4.71. The van der Waals surface area contributed by atoms with Gasteiger partial charge in [0.15, 0.2) is 12.4 Å². The third-order valence-electron chi connectivity index (χ3n) is 4.71. The first kappa shape index (κ1) is 19.4. The van der Waals surface area contributed by atoms with Gasteiger partial charge in [0.25, 0.3) is 0 Å². The number of aromatic amines is 1. The molecule has 27 heavy (non-hydrogen) atoms. The van der Waals surface area contributed by atoms with Gasteiger partial charge < -0.3 is 4.74 Å². The Bertz CT molecular complexity index is 796. The second kappa shape index (κ2) is 8.10. The number of ketones is 1. The molecule has 0 unspecified atom stereocenters. The van der Waals surface area contributed by atoms with E-state index in [0.29, 0.717) is 16.8 Å². The van der Waals surface area contributed by atoms with Gasteiger partial charge in [-0.05, 0) is 43.4 Å². The number of halogens is 3. The number of nitrogens with zero attached hydrogens (tertiary/aromatic N) is 2. The number of carbonyl (C=O) groups excluding carboxylic acids is 1. The van der Waals surface area contributed by atoms with Crippen LogP contribution in [0.25, 0.3) is 0 Å². The number of nitrogens with one attached hydrogen (secondary N) is 1. The monoisotopic (exact) mass is 381 g/mol. The molecule has 1 N–H and O–H groups in total. The quantitative estimate of drug-likeness (QED) is 0.747. The first-order chi connectivity index (χ1) is 12.8. The van der Waals surface area contributed by atoms with Gasteiger partial charge in [0.1, 0.15) is 5.69 Å². The van der Waals surface area contributed by atoms with E-state index in [4.69, 9.17) is 4.74 Å². The number of alkyl halides is 3. The van der Waals surface area contributed by atoms with Gasteiger partial charge in [-0.1, -0.05) is 19.3 Å². The van der Waals surface area contributed by atoms with E-state index in [2.05, 4.69) is 15.2 Å². The fraction of sp³-hybridized carbons (Fsp3) is 0.526. The molecule has 1 fully saturated rings. The van der Waals surface area contributed by atoms with Gasteiger partial charge in [0, 0.05) is 23.9 Å². The number of hydrogen-bond donors (Lipinski definition) is 1. The molecule has 0 aliphatic heterocycles. The summed E-state index contributed by atoms with van der Waals surface area (Å²) in [4.78, 5) is 16.5. The number of pyridine rings is 1. The van der Waals surface area contributed by atoms with Crippen LogP contribution in [-0.4, -0.2) is 33.7 Å². The minimum Gasteiger partial charge on any atom is -0.468 e. The van der Waals surface area contributed by atoms with Gasteiger partial charge in [-0.2, -0.15) is 18.3 Å². The van der Waals surface area contributed by atoms with Crippen LogP contribution in [0.4, 0.5) is 13.2 Å². The molecule has 3 rings (SSSR count). The second-order valence-corrected chi connectivity index (χ2v) is 7.01. The largest absolute Gasteiger partial charge is 0.468 e. The van der Waals surface area contributed by atoms with E-state index < -0.39 is 12.8 Å². The summed E-state index contributed by atoms with van der Waals surface area (Å²) in [5.74, 6) is -0.0390. The Balaban J connectivity index is 1.81. The molecule has 2 aromatic rings. The van der Waals surface area contributed by atoms with Gasteiger partial charge in [0.2, 0.25) is 5.88 Å². The number of aryl methyl sites for hydroxylation is 1. The maximum Gasteiger partial charge on any atom is 0.422 e.